The van der Waals surface area contributed by atoms with Crippen LogP contribution in [0.25, 0.3) is 0 Å². The van der Waals surface area contributed by atoms with Gasteiger partial charge in [-0.3, -0.25) is 4.79 Å². The second-order valence-electron chi connectivity index (χ2n) is 4.33. The molecule has 17 heavy (non-hydrogen) atoms. The van der Waals surface area contributed by atoms with Gasteiger partial charge >= 0.3 is 5.97 Å². The first kappa shape index (κ1) is 12.7. The summed E-state index contributed by atoms with van der Waals surface area (Å²) in [7, 11) is 0. The van der Waals surface area contributed by atoms with Gasteiger partial charge in [-0.1, -0.05) is 0 Å². The quantitative estimate of drug-likeness (QED) is 0.492. The predicted molar refractivity (Wildman–Crippen MR) is 52.8 cm³/mol. The van der Waals surface area contributed by atoms with Crippen LogP contribution >= 0.6 is 0 Å². The van der Waals surface area contributed by atoms with Crippen LogP contribution in [0.15, 0.2) is 0 Å². The minimum atomic E-state index is -1.35. The van der Waals surface area contributed by atoms with Crippen LogP contribution < -0.4 is 0 Å². The summed E-state index contributed by atoms with van der Waals surface area (Å²) < 4.78 is 15.3. The molecule has 0 radical (unpaired) electrons. The zero-order valence-corrected chi connectivity index (χ0v) is 9.35. The van der Waals surface area contributed by atoms with Crippen molar-refractivity contribution >= 4 is 5.97 Å². The molecule has 2 fully saturated rings. The molecule has 98 valence electrons. The maximum absolute atomic E-state index is 10.9. The Hall–Kier alpha value is -0.730. The smallest absolute Gasteiger partial charge is 0.308 e. The first-order valence-corrected chi connectivity index (χ1v) is 5.50. The van der Waals surface area contributed by atoms with Crippen LogP contribution in [-0.2, 0) is 19.0 Å². The molecule has 2 aliphatic heterocycles. The monoisotopic (exact) mass is 248 g/mol. The molecule has 2 heterocycles. The van der Waals surface area contributed by atoms with Crippen molar-refractivity contribution in [1.82, 2.24) is 0 Å². The van der Waals surface area contributed by atoms with E-state index in [4.69, 9.17) is 14.2 Å². The number of hydrogen-bond acceptors (Lipinski definition) is 7. The number of cyclic esters (lactones) is 1. The highest BCUT2D eigenvalue weighted by atomic mass is 16.7. The summed E-state index contributed by atoms with van der Waals surface area (Å²) in [4.78, 5) is 10.9. The molecule has 0 aromatic rings. The van der Waals surface area contributed by atoms with Crippen LogP contribution in [0, 0.1) is 0 Å². The van der Waals surface area contributed by atoms with Crippen molar-refractivity contribution < 1.29 is 34.3 Å². The van der Waals surface area contributed by atoms with Gasteiger partial charge in [0.05, 0.1) is 12.5 Å². The number of carbonyl (C=O) groups is 1. The van der Waals surface area contributed by atoms with Crippen molar-refractivity contribution in [3.05, 3.63) is 0 Å². The lowest BCUT2D eigenvalue weighted by atomic mass is 10.00. The average molecular weight is 248 g/mol. The van der Waals surface area contributed by atoms with Gasteiger partial charge in [0, 0.05) is 0 Å². The highest BCUT2D eigenvalue weighted by molar-refractivity contribution is 5.71. The number of rotatable bonds is 2. The molecular formula is C10H16O7. The number of hydrogen-bond donors (Lipinski definition) is 3. The Kier molecular flexibility index (Phi) is 3.64. The van der Waals surface area contributed by atoms with Gasteiger partial charge in [-0.15, -0.1) is 0 Å². The summed E-state index contributed by atoms with van der Waals surface area (Å²) >= 11 is 0. The molecule has 2 rings (SSSR count). The van der Waals surface area contributed by atoms with Crippen molar-refractivity contribution in [3.8, 4) is 0 Å². The Morgan fingerprint density at radius 3 is 2.53 bits per heavy atom. The van der Waals surface area contributed by atoms with E-state index in [-0.39, 0.29) is 19.0 Å². The first-order chi connectivity index (χ1) is 7.99. The molecule has 2 aliphatic rings. The third-order valence-corrected chi connectivity index (χ3v) is 2.96. The fourth-order valence-electron chi connectivity index (χ4n) is 1.89. The van der Waals surface area contributed by atoms with E-state index in [1.807, 2.05) is 0 Å². The summed E-state index contributed by atoms with van der Waals surface area (Å²) in [6, 6.07) is 0. The van der Waals surface area contributed by atoms with E-state index in [0.29, 0.717) is 0 Å². The van der Waals surface area contributed by atoms with Crippen molar-refractivity contribution in [1.29, 1.82) is 0 Å². The second kappa shape index (κ2) is 4.87. The van der Waals surface area contributed by atoms with Crippen LogP contribution in [0.4, 0.5) is 0 Å². The molecule has 3 N–H and O–H groups in total. The van der Waals surface area contributed by atoms with E-state index < -0.39 is 36.8 Å². The molecule has 0 aliphatic carbocycles. The molecule has 0 bridgehead atoms. The van der Waals surface area contributed by atoms with Crippen LogP contribution in [0.3, 0.4) is 0 Å². The second-order valence-corrected chi connectivity index (χ2v) is 4.33. The van der Waals surface area contributed by atoms with E-state index >= 15 is 0 Å². The minimum Gasteiger partial charge on any atom is -0.463 e. The van der Waals surface area contributed by atoms with Gasteiger partial charge in [0.2, 0.25) is 0 Å². The van der Waals surface area contributed by atoms with Gasteiger partial charge in [-0.05, 0) is 6.92 Å². The fourth-order valence-corrected chi connectivity index (χ4v) is 1.89. The highest BCUT2D eigenvalue weighted by Crippen LogP contribution is 2.24. The van der Waals surface area contributed by atoms with Crippen molar-refractivity contribution in [3.63, 3.8) is 0 Å². The zero-order chi connectivity index (χ0) is 12.6. The lowest BCUT2D eigenvalue weighted by Gasteiger charge is -2.39. The van der Waals surface area contributed by atoms with E-state index in [0.717, 1.165) is 0 Å². The van der Waals surface area contributed by atoms with Crippen LogP contribution in [-0.4, -0.2) is 64.7 Å². The number of carbonyl (C=O) groups excluding carboxylic acids is 1. The predicted octanol–water partition coefficient (Wildman–Crippen LogP) is -1.85. The standard InChI is InChI=1S/C10H16O7/c1-4-7(12)8(13)9(14)10(16-4)17-5-2-6(11)15-3-5/h4-5,7-10,12-14H,2-3H2,1H3/t4-,5-,7-,8+,9+,10-/m0/s1. The van der Waals surface area contributed by atoms with Crippen molar-refractivity contribution in [2.75, 3.05) is 6.61 Å². The maximum Gasteiger partial charge on any atom is 0.308 e. The molecule has 0 spiro atoms. The van der Waals surface area contributed by atoms with Gasteiger partial charge < -0.3 is 29.5 Å². The van der Waals surface area contributed by atoms with Crippen molar-refractivity contribution in [2.45, 2.75) is 50.2 Å². The Balaban J connectivity index is 1.94. The Labute approximate surface area is 97.9 Å². The minimum absolute atomic E-state index is 0.0968. The summed E-state index contributed by atoms with van der Waals surface area (Å²) in [6.45, 7) is 1.67. The van der Waals surface area contributed by atoms with Crippen molar-refractivity contribution in [2.24, 2.45) is 0 Å². The number of aliphatic hydroxyl groups is 3. The number of aliphatic hydroxyl groups excluding tert-OH is 3. The zero-order valence-electron chi connectivity index (χ0n) is 9.35. The van der Waals surface area contributed by atoms with E-state index in [1.54, 1.807) is 6.92 Å². The average Bonchev–Trinajstić information content (AvgIpc) is 2.69. The molecule has 6 atom stereocenters. The first-order valence-electron chi connectivity index (χ1n) is 5.50. The summed E-state index contributed by atoms with van der Waals surface area (Å²) in [5.41, 5.74) is 0. The van der Waals surface area contributed by atoms with Crippen LogP contribution in [0.2, 0.25) is 0 Å². The topological polar surface area (TPSA) is 105 Å². The number of ether oxygens (including phenoxy) is 3. The molecule has 0 unspecified atom stereocenters. The molecular weight excluding hydrogens is 232 g/mol. The summed E-state index contributed by atoms with van der Waals surface area (Å²) in [5, 5.41) is 28.7. The summed E-state index contributed by atoms with van der Waals surface area (Å²) in [6.07, 6.45) is -5.96. The number of esters is 1. The van der Waals surface area contributed by atoms with E-state index in [9.17, 15) is 20.1 Å². The van der Waals surface area contributed by atoms with Gasteiger partial charge in [0.25, 0.3) is 0 Å². The highest BCUT2D eigenvalue weighted by Gasteiger charge is 2.44. The Morgan fingerprint density at radius 1 is 1.24 bits per heavy atom. The molecule has 0 amide bonds. The largest absolute Gasteiger partial charge is 0.463 e. The van der Waals surface area contributed by atoms with Gasteiger partial charge in [0.15, 0.2) is 6.29 Å². The SMILES string of the molecule is C[C@@H]1O[C@@H](O[C@@H]2COC(=O)C2)[C@H](O)[C@H](O)[C@H]1O. The van der Waals surface area contributed by atoms with Crippen LogP contribution in [0.5, 0.6) is 0 Å². The molecule has 0 aromatic heterocycles. The molecule has 7 heteroatoms. The molecule has 0 saturated carbocycles. The Bertz CT molecular complexity index is 294. The maximum atomic E-state index is 10.9. The molecule has 2 saturated heterocycles. The normalized spacial score (nSPS) is 46.9. The molecule has 0 aromatic carbocycles. The summed E-state index contributed by atoms with van der Waals surface area (Å²) in [5.74, 6) is -0.367. The Morgan fingerprint density at radius 2 is 1.94 bits per heavy atom. The van der Waals surface area contributed by atoms with Gasteiger partial charge in [-0.2, -0.15) is 0 Å². The lowest BCUT2D eigenvalue weighted by Crippen LogP contribution is -2.58. The third-order valence-electron chi connectivity index (χ3n) is 2.96. The van der Waals surface area contributed by atoms with E-state index in [2.05, 4.69) is 0 Å². The van der Waals surface area contributed by atoms with Gasteiger partial charge in [-0.25, -0.2) is 0 Å². The van der Waals surface area contributed by atoms with E-state index in [1.165, 1.54) is 0 Å². The lowest BCUT2D eigenvalue weighted by molar-refractivity contribution is -0.303. The van der Waals surface area contributed by atoms with Crippen LogP contribution in [0.1, 0.15) is 13.3 Å². The fraction of sp³-hybridized carbons (Fsp3) is 0.900. The molecule has 7 nitrogen and oxygen atoms in total. The van der Waals surface area contributed by atoms with Gasteiger partial charge in [0.1, 0.15) is 31.0 Å². The third kappa shape index (κ3) is 2.58.